The quantitative estimate of drug-likeness (QED) is 0.381. The van der Waals surface area contributed by atoms with Crippen LogP contribution in [-0.2, 0) is 10.9 Å². The molecule has 0 unspecified atom stereocenters. The van der Waals surface area contributed by atoms with Crippen molar-refractivity contribution in [1.29, 1.82) is 0 Å². The van der Waals surface area contributed by atoms with Gasteiger partial charge in [-0.05, 0) is 67.7 Å². The van der Waals surface area contributed by atoms with Crippen LogP contribution < -0.4 is 5.32 Å². The van der Waals surface area contributed by atoms with Crippen molar-refractivity contribution in [3.8, 4) is 0 Å². The van der Waals surface area contributed by atoms with E-state index in [4.69, 9.17) is 4.74 Å². The third-order valence-electron chi connectivity index (χ3n) is 5.50. The highest BCUT2D eigenvalue weighted by Gasteiger charge is 2.33. The number of nitrogens with zero attached hydrogens (tertiary/aromatic N) is 2. The Morgan fingerprint density at radius 1 is 1.29 bits per heavy atom. The van der Waals surface area contributed by atoms with Gasteiger partial charge in [0.1, 0.15) is 5.69 Å². The summed E-state index contributed by atoms with van der Waals surface area (Å²) in [7, 11) is 1.75. The van der Waals surface area contributed by atoms with Gasteiger partial charge >= 0.3 is 6.18 Å². The van der Waals surface area contributed by atoms with Gasteiger partial charge in [-0.2, -0.15) is 13.2 Å². The number of carbonyl (C=O) groups excluding carboxylic acids is 1. The molecule has 0 spiro atoms. The summed E-state index contributed by atoms with van der Waals surface area (Å²) in [6.45, 7) is 13.0. The number of nitrogens with one attached hydrogen (secondary N) is 1. The minimum absolute atomic E-state index is 0.166. The number of rotatable bonds is 8. The molecule has 34 heavy (non-hydrogen) atoms. The number of carbonyl (C=O) groups is 1. The molecule has 2 rings (SSSR count). The molecule has 1 aliphatic heterocycles. The second kappa shape index (κ2) is 12.3. The number of allylic oxidation sites excluding steroid dienone is 7. The summed E-state index contributed by atoms with van der Waals surface area (Å²) >= 11 is 0. The molecule has 2 heterocycles. The van der Waals surface area contributed by atoms with Crippen molar-refractivity contribution in [3.63, 3.8) is 0 Å². The first-order valence-electron chi connectivity index (χ1n) is 10.9. The summed E-state index contributed by atoms with van der Waals surface area (Å²) in [4.78, 5) is 20.3. The Morgan fingerprint density at radius 3 is 2.53 bits per heavy atom. The van der Waals surface area contributed by atoms with Gasteiger partial charge in [-0.1, -0.05) is 25.3 Å². The molecule has 1 saturated heterocycles. The van der Waals surface area contributed by atoms with Crippen molar-refractivity contribution in [2.45, 2.75) is 32.9 Å². The van der Waals surface area contributed by atoms with E-state index in [0.717, 1.165) is 41.5 Å². The first kappa shape index (κ1) is 27.0. The SMILES string of the molecule is C=CC(=C\C(=NC)C1CCOCC1)/C(=C/C(=C)NC(=O)c1ccnc(C(F)(F)F)c1)C(/C)=C\C. The van der Waals surface area contributed by atoms with Crippen molar-refractivity contribution >= 4 is 11.6 Å². The standard InChI is InChI=1S/C26H30F3N3O2/c1-6-17(3)22(19(7-2)15-23(30-5)20-9-12-34-13-10-20)14-18(4)32-25(33)21-8-11-31-24(16-21)26(27,28)29/h6-8,11,14-16,20H,2,4,9-10,12-13H2,1,3,5H3,(H,32,33)/b17-6-,19-15+,22-14+,30-23?. The largest absolute Gasteiger partial charge is 0.433 e. The third kappa shape index (κ3) is 7.38. The number of hydrogen-bond donors (Lipinski definition) is 1. The Kier molecular flexibility index (Phi) is 9.74. The zero-order chi connectivity index (χ0) is 25.3. The highest BCUT2D eigenvalue weighted by Crippen LogP contribution is 2.28. The lowest BCUT2D eigenvalue weighted by Crippen LogP contribution is -2.23. The smallest absolute Gasteiger partial charge is 0.381 e. The van der Waals surface area contributed by atoms with Gasteiger partial charge in [-0.25, -0.2) is 0 Å². The lowest BCUT2D eigenvalue weighted by Gasteiger charge is -2.23. The van der Waals surface area contributed by atoms with Crippen molar-refractivity contribution < 1.29 is 22.7 Å². The second-order valence-corrected chi connectivity index (χ2v) is 7.78. The van der Waals surface area contributed by atoms with E-state index in [1.54, 1.807) is 19.2 Å². The van der Waals surface area contributed by atoms with Gasteiger partial charge in [0.2, 0.25) is 0 Å². The second-order valence-electron chi connectivity index (χ2n) is 7.78. The molecule has 0 radical (unpaired) electrons. The number of alkyl halides is 3. The summed E-state index contributed by atoms with van der Waals surface area (Å²) in [6.07, 6.45) is 5.32. The molecule has 1 aromatic heterocycles. The van der Waals surface area contributed by atoms with Crippen LogP contribution in [0.15, 0.2) is 83.2 Å². The highest BCUT2D eigenvalue weighted by atomic mass is 19.4. The predicted molar refractivity (Wildman–Crippen MR) is 129 cm³/mol. The van der Waals surface area contributed by atoms with E-state index in [1.165, 1.54) is 6.07 Å². The average Bonchev–Trinajstić information content (AvgIpc) is 2.83. The van der Waals surface area contributed by atoms with Crippen LogP contribution in [0.25, 0.3) is 0 Å². The van der Waals surface area contributed by atoms with E-state index >= 15 is 0 Å². The minimum Gasteiger partial charge on any atom is -0.381 e. The van der Waals surface area contributed by atoms with Crippen LogP contribution in [0, 0.1) is 5.92 Å². The fourth-order valence-electron chi connectivity index (χ4n) is 3.50. The van der Waals surface area contributed by atoms with Gasteiger partial charge < -0.3 is 10.1 Å². The van der Waals surface area contributed by atoms with Crippen molar-refractivity contribution in [3.05, 3.63) is 89.5 Å². The molecular formula is C26H30F3N3O2. The van der Waals surface area contributed by atoms with E-state index in [9.17, 15) is 18.0 Å². The maximum Gasteiger partial charge on any atom is 0.433 e. The molecule has 5 nitrogen and oxygen atoms in total. The number of halogens is 3. The van der Waals surface area contributed by atoms with Crippen LogP contribution in [0.1, 0.15) is 42.7 Å². The lowest BCUT2D eigenvalue weighted by atomic mass is 9.90. The summed E-state index contributed by atoms with van der Waals surface area (Å²) in [5.74, 6) is -0.438. The van der Waals surface area contributed by atoms with Gasteiger partial charge in [0.25, 0.3) is 5.91 Å². The van der Waals surface area contributed by atoms with Gasteiger partial charge in [0, 0.05) is 49.3 Å². The molecule has 1 aromatic rings. The van der Waals surface area contributed by atoms with Crippen LogP contribution in [-0.4, -0.2) is 36.9 Å². The minimum atomic E-state index is -4.64. The van der Waals surface area contributed by atoms with Crippen LogP contribution in [0.2, 0.25) is 0 Å². The number of aliphatic imine (C=N–C) groups is 1. The summed E-state index contributed by atoms with van der Waals surface area (Å²) < 4.78 is 44.2. The number of ether oxygens (including phenoxy) is 1. The Bertz CT molecular complexity index is 1040. The van der Waals surface area contributed by atoms with Crippen LogP contribution >= 0.6 is 0 Å². The van der Waals surface area contributed by atoms with Crippen LogP contribution in [0.3, 0.4) is 0 Å². The summed E-state index contributed by atoms with van der Waals surface area (Å²) in [5.41, 5.74) is 2.32. The molecule has 0 bridgehead atoms. The number of amides is 1. The average molecular weight is 474 g/mol. The number of pyridine rings is 1. The van der Waals surface area contributed by atoms with Gasteiger partial charge in [-0.3, -0.25) is 14.8 Å². The van der Waals surface area contributed by atoms with Crippen LogP contribution in [0.5, 0.6) is 0 Å². The first-order chi connectivity index (χ1) is 16.1. The summed E-state index contributed by atoms with van der Waals surface area (Å²) in [6, 6.07) is 1.92. The maximum atomic E-state index is 12.9. The van der Waals surface area contributed by atoms with E-state index in [-0.39, 0.29) is 17.2 Å². The molecule has 0 saturated carbocycles. The molecule has 182 valence electrons. The maximum absolute atomic E-state index is 12.9. The normalized spacial score (nSPS) is 16.9. The Balaban J connectivity index is 2.32. The van der Waals surface area contributed by atoms with Gasteiger partial charge in [-0.15, -0.1) is 0 Å². The Morgan fingerprint density at radius 2 is 1.97 bits per heavy atom. The molecule has 1 N–H and O–H groups in total. The van der Waals surface area contributed by atoms with E-state index < -0.39 is 17.8 Å². The molecule has 0 aliphatic carbocycles. The third-order valence-corrected chi connectivity index (χ3v) is 5.50. The molecule has 8 heteroatoms. The van der Waals surface area contributed by atoms with E-state index in [1.807, 2.05) is 26.0 Å². The zero-order valence-electron chi connectivity index (χ0n) is 19.7. The fraction of sp³-hybridized carbons (Fsp3) is 0.346. The monoisotopic (exact) mass is 473 g/mol. The van der Waals surface area contributed by atoms with Gasteiger partial charge in [0.05, 0.1) is 0 Å². The van der Waals surface area contributed by atoms with Crippen molar-refractivity contribution in [2.24, 2.45) is 10.9 Å². The lowest BCUT2D eigenvalue weighted by molar-refractivity contribution is -0.141. The van der Waals surface area contributed by atoms with Crippen molar-refractivity contribution in [1.82, 2.24) is 10.3 Å². The number of aromatic nitrogens is 1. The van der Waals surface area contributed by atoms with E-state index in [2.05, 4.69) is 28.5 Å². The van der Waals surface area contributed by atoms with Crippen molar-refractivity contribution in [2.75, 3.05) is 20.3 Å². The predicted octanol–water partition coefficient (Wildman–Crippen LogP) is 5.85. The van der Waals surface area contributed by atoms with Crippen LogP contribution in [0.4, 0.5) is 13.2 Å². The Hall–Kier alpha value is -3.26. The molecule has 1 amide bonds. The molecule has 1 aliphatic rings. The molecular weight excluding hydrogens is 443 g/mol. The van der Waals surface area contributed by atoms with E-state index in [0.29, 0.717) is 19.3 Å². The Labute approximate surface area is 198 Å². The molecule has 0 atom stereocenters. The topological polar surface area (TPSA) is 63.6 Å². The molecule has 0 aromatic carbocycles. The highest BCUT2D eigenvalue weighted by molar-refractivity contribution is 5.99. The molecule has 1 fully saturated rings. The first-order valence-corrected chi connectivity index (χ1v) is 10.9. The van der Waals surface area contributed by atoms with Gasteiger partial charge in [0.15, 0.2) is 0 Å². The zero-order valence-corrected chi connectivity index (χ0v) is 19.7. The number of hydrogen-bond acceptors (Lipinski definition) is 4. The fourth-order valence-corrected chi connectivity index (χ4v) is 3.50. The summed E-state index contributed by atoms with van der Waals surface area (Å²) in [5, 5.41) is 2.55.